The maximum Gasteiger partial charge on any atom is 0.240 e. The third-order valence-corrected chi connectivity index (χ3v) is 3.17. The maximum atomic E-state index is 11.8. The summed E-state index contributed by atoms with van der Waals surface area (Å²) in [6.07, 6.45) is 0. The summed E-state index contributed by atoms with van der Waals surface area (Å²) in [5, 5.41) is 0. The molecule has 0 aliphatic rings. The Bertz CT molecular complexity index is 494. The third kappa shape index (κ3) is 3.07. The first kappa shape index (κ1) is 11.7. The summed E-state index contributed by atoms with van der Waals surface area (Å²) in [4.78, 5) is 0.642. The minimum absolute atomic E-state index is 0.549. The first-order chi connectivity index (χ1) is 8.29. The summed E-state index contributed by atoms with van der Waals surface area (Å²) in [5.41, 5.74) is 0. The van der Waals surface area contributed by atoms with Crippen molar-refractivity contribution in [3.8, 4) is 11.5 Å². The van der Waals surface area contributed by atoms with Crippen LogP contribution in [0.5, 0.6) is 11.5 Å². The number of hydrogen-bond donors (Lipinski definition) is 0. The molecule has 0 radical (unpaired) electrons. The first-order valence-corrected chi connectivity index (χ1v) is 6.16. The lowest BCUT2D eigenvalue weighted by Crippen LogP contribution is -2.00. The highest BCUT2D eigenvalue weighted by Crippen LogP contribution is 2.19. The van der Waals surface area contributed by atoms with Crippen LogP contribution < -0.4 is 8.92 Å². The first-order valence-electron chi connectivity index (χ1n) is 5.09. The average molecular weight is 248 g/mol. The van der Waals surface area contributed by atoms with E-state index in [2.05, 4.69) is 0 Å². The minimum Gasteiger partial charge on any atom is -0.497 e. The normalized spacial score (nSPS) is 11.8. The maximum absolute atomic E-state index is 11.8. The molecule has 0 aromatic heterocycles. The second kappa shape index (κ2) is 5.50. The zero-order chi connectivity index (χ0) is 12.1. The highest BCUT2D eigenvalue weighted by atomic mass is 32.2. The molecule has 0 aliphatic heterocycles. The van der Waals surface area contributed by atoms with Gasteiger partial charge in [0.25, 0.3) is 0 Å². The molecule has 0 heterocycles. The Labute approximate surface area is 103 Å². The monoisotopic (exact) mass is 248 g/mol. The van der Waals surface area contributed by atoms with Gasteiger partial charge in [0.15, 0.2) is 0 Å². The lowest BCUT2D eigenvalue weighted by Gasteiger charge is -2.05. The molecule has 2 aromatic rings. The molecule has 17 heavy (non-hydrogen) atoms. The van der Waals surface area contributed by atoms with Gasteiger partial charge in [0.2, 0.25) is 11.1 Å². The summed E-state index contributed by atoms with van der Waals surface area (Å²) >= 11 is -1.48. The Morgan fingerprint density at radius 2 is 1.47 bits per heavy atom. The molecule has 1 atom stereocenters. The van der Waals surface area contributed by atoms with Gasteiger partial charge in [-0.25, -0.2) is 4.21 Å². The fourth-order valence-corrected chi connectivity index (χ4v) is 2.06. The van der Waals surface area contributed by atoms with Crippen molar-refractivity contribution in [3.63, 3.8) is 0 Å². The standard InChI is InChI=1S/C13H12O3S/c1-15-11-7-9-12(10-8-11)16-17(14)13-5-3-2-4-6-13/h2-10H,1H3. The van der Waals surface area contributed by atoms with E-state index in [-0.39, 0.29) is 0 Å². The van der Waals surface area contributed by atoms with Gasteiger partial charge in [-0.3, -0.25) is 0 Å². The van der Waals surface area contributed by atoms with Crippen molar-refractivity contribution in [2.24, 2.45) is 0 Å². The molecule has 0 bridgehead atoms. The number of benzene rings is 2. The lowest BCUT2D eigenvalue weighted by molar-refractivity contribution is 0.414. The third-order valence-electron chi connectivity index (χ3n) is 2.17. The van der Waals surface area contributed by atoms with Gasteiger partial charge in [0.05, 0.1) is 12.0 Å². The van der Waals surface area contributed by atoms with Gasteiger partial charge < -0.3 is 8.92 Å². The van der Waals surface area contributed by atoms with E-state index in [1.54, 1.807) is 43.5 Å². The smallest absolute Gasteiger partial charge is 0.240 e. The zero-order valence-electron chi connectivity index (χ0n) is 9.33. The van der Waals surface area contributed by atoms with E-state index in [0.29, 0.717) is 10.6 Å². The van der Waals surface area contributed by atoms with Crippen LogP contribution in [0.25, 0.3) is 0 Å². The van der Waals surface area contributed by atoms with Gasteiger partial charge in [-0.15, -0.1) is 0 Å². The van der Waals surface area contributed by atoms with E-state index in [1.165, 1.54) is 0 Å². The summed E-state index contributed by atoms with van der Waals surface area (Å²) < 4.78 is 22.2. The van der Waals surface area contributed by atoms with Crippen molar-refractivity contribution in [1.82, 2.24) is 0 Å². The van der Waals surface area contributed by atoms with Crippen LogP contribution in [-0.4, -0.2) is 11.3 Å². The van der Waals surface area contributed by atoms with Gasteiger partial charge in [-0.1, -0.05) is 18.2 Å². The molecule has 88 valence electrons. The van der Waals surface area contributed by atoms with Crippen LogP contribution in [0.15, 0.2) is 59.5 Å². The Hall–Kier alpha value is -1.81. The van der Waals surface area contributed by atoms with Gasteiger partial charge >= 0.3 is 0 Å². The molecule has 4 heteroatoms. The Kier molecular flexibility index (Phi) is 3.77. The second-order valence-electron chi connectivity index (χ2n) is 3.31. The zero-order valence-corrected chi connectivity index (χ0v) is 10.1. The van der Waals surface area contributed by atoms with Crippen LogP contribution in [0.4, 0.5) is 0 Å². The Morgan fingerprint density at radius 3 is 2.06 bits per heavy atom. The molecule has 0 N–H and O–H groups in total. The van der Waals surface area contributed by atoms with E-state index in [9.17, 15) is 4.21 Å². The predicted molar refractivity (Wildman–Crippen MR) is 66.5 cm³/mol. The number of methoxy groups -OCH3 is 1. The highest BCUT2D eigenvalue weighted by Gasteiger charge is 2.05. The van der Waals surface area contributed by atoms with E-state index in [4.69, 9.17) is 8.92 Å². The van der Waals surface area contributed by atoms with Crippen LogP contribution in [0.3, 0.4) is 0 Å². The quantitative estimate of drug-likeness (QED) is 0.834. The fourth-order valence-electron chi connectivity index (χ4n) is 1.30. The van der Waals surface area contributed by atoms with E-state index in [0.717, 1.165) is 5.75 Å². The van der Waals surface area contributed by atoms with Crippen LogP contribution >= 0.6 is 0 Å². The van der Waals surface area contributed by atoms with Crippen molar-refractivity contribution < 1.29 is 13.1 Å². The topological polar surface area (TPSA) is 35.5 Å². The fraction of sp³-hybridized carbons (Fsp3) is 0.0769. The highest BCUT2D eigenvalue weighted by molar-refractivity contribution is 7.80. The lowest BCUT2D eigenvalue weighted by atomic mass is 10.3. The van der Waals surface area contributed by atoms with Crippen molar-refractivity contribution in [3.05, 3.63) is 54.6 Å². The van der Waals surface area contributed by atoms with E-state index < -0.39 is 11.1 Å². The molecule has 2 rings (SSSR count). The predicted octanol–water partition coefficient (Wildman–Crippen LogP) is 2.80. The minimum atomic E-state index is -1.48. The van der Waals surface area contributed by atoms with Gasteiger partial charge in [-0.05, 0) is 36.4 Å². The number of hydrogen-bond acceptors (Lipinski definition) is 3. The number of ether oxygens (including phenoxy) is 1. The van der Waals surface area contributed by atoms with Crippen LogP contribution in [0, 0.1) is 0 Å². The molecule has 1 unspecified atom stereocenters. The largest absolute Gasteiger partial charge is 0.497 e. The summed E-state index contributed by atoms with van der Waals surface area (Å²) in [7, 11) is 1.60. The Balaban J connectivity index is 2.08. The molecule has 0 spiro atoms. The van der Waals surface area contributed by atoms with E-state index >= 15 is 0 Å². The molecular weight excluding hydrogens is 236 g/mol. The van der Waals surface area contributed by atoms with Crippen molar-refractivity contribution in [2.45, 2.75) is 4.90 Å². The van der Waals surface area contributed by atoms with Crippen LogP contribution in [-0.2, 0) is 11.1 Å². The summed E-state index contributed by atoms with van der Waals surface area (Å²) in [6.45, 7) is 0. The molecule has 0 aliphatic carbocycles. The SMILES string of the molecule is COc1ccc(OS(=O)c2ccccc2)cc1. The average Bonchev–Trinajstić information content (AvgIpc) is 2.40. The summed E-state index contributed by atoms with van der Waals surface area (Å²) in [6, 6.07) is 16.0. The molecule has 3 nitrogen and oxygen atoms in total. The molecule has 0 saturated carbocycles. The molecule has 0 saturated heterocycles. The summed E-state index contributed by atoms with van der Waals surface area (Å²) in [5.74, 6) is 1.29. The van der Waals surface area contributed by atoms with E-state index in [1.807, 2.05) is 18.2 Å². The van der Waals surface area contributed by atoms with Crippen LogP contribution in [0.2, 0.25) is 0 Å². The van der Waals surface area contributed by atoms with Gasteiger partial charge in [-0.2, -0.15) is 0 Å². The number of rotatable bonds is 4. The van der Waals surface area contributed by atoms with Crippen molar-refractivity contribution in [1.29, 1.82) is 0 Å². The second-order valence-corrected chi connectivity index (χ2v) is 4.41. The molecule has 0 fully saturated rings. The van der Waals surface area contributed by atoms with Gasteiger partial charge in [0, 0.05) is 0 Å². The van der Waals surface area contributed by atoms with Crippen LogP contribution in [0.1, 0.15) is 0 Å². The molecular formula is C13H12O3S. The van der Waals surface area contributed by atoms with Crippen molar-refractivity contribution in [2.75, 3.05) is 7.11 Å². The molecule has 2 aromatic carbocycles. The van der Waals surface area contributed by atoms with Gasteiger partial charge in [0.1, 0.15) is 11.5 Å². The molecule has 0 amide bonds. The Morgan fingerprint density at radius 1 is 0.882 bits per heavy atom. The van der Waals surface area contributed by atoms with Crippen molar-refractivity contribution >= 4 is 11.1 Å².